The van der Waals surface area contributed by atoms with E-state index in [-0.39, 0.29) is 11.9 Å². The van der Waals surface area contributed by atoms with E-state index in [4.69, 9.17) is 4.74 Å². The molecule has 21 heavy (non-hydrogen) atoms. The van der Waals surface area contributed by atoms with Crippen LogP contribution in [0.1, 0.15) is 22.8 Å². The van der Waals surface area contributed by atoms with E-state index < -0.39 is 0 Å². The summed E-state index contributed by atoms with van der Waals surface area (Å²) in [5, 5.41) is 2.97. The fourth-order valence-corrected chi connectivity index (χ4v) is 2.46. The van der Waals surface area contributed by atoms with Crippen LogP contribution < -0.4 is 10.1 Å². The van der Waals surface area contributed by atoms with Crippen LogP contribution in [0.25, 0.3) is 0 Å². The molecule has 1 heterocycles. The fourth-order valence-electron chi connectivity index (χ4n) is 2.10. The van der Waals surface area contributed by atoms with Crippen molar-refractivity contribution in [3.8, 4) is 5.75 Å². The van der Waals surface area contributed by atoms with Crippen molar-refractivity contribution in [3.63, 3.8) is 0 Å². The van der Waals surface area contributed by atoms with Gasteiger partial charge in [-0.3, -0.25) is 9.78 Å². The van der Waals surface area contributed by atoms with Gasteiger partial charge in [0.05, 0.1) is 12.7 Å². The second-order valence-corrected chi connectivity index (χ2v) is 5.70. The average Bonchev–Trinajstić information content (AvgIpc) is 2.47. The quantitative estimate of drug-likeness (QED) is 0.902. The summed E-state index contributed by atoms with van der Waals surface area (Å²) in [6.07, 6.45) is 3.90. The van der Waals surface area contributed by atoms with Crippen molar-refractivity contribution in [3.05, 3.63) is 58.3 Å². The highest BCUT2D eigenvalue weighted by Crippen LogP contribution is 2.19. The Morgan fingerprint density at radius 3 is 2.86 bits per heavy atom. The van der Waals surface area contributed by atoms with E-state index in [1.54, 1.807) is 25.6 Å². The number of nitrogens with zero attached hydrogens (tertiary/aromatic N) is 1. The molecule has 0 aliphatic rings. The molecule has 0 radical (unpaired) electrons. The Kier molecular flexibility index (Phi) is 5.33. The molecule has 110 valence electrons. The number of hydrogen-bond donors (Lipinski definition) is 1. The third-order valence-electron chi connectivity index (χ3n) is 3.06. The van der Waals surface area contributed by atoms with Crippen molar-refractivity contribution >= 4 is 21.8 Å². The summed E-state index contributed by atoms with van der Waals surface area (Å²) in [6, 6.07) is 9.55. The van der Waals surface area contributed by atoms with Crippen LogP contribution in [-0.2, 0) is 6.42 Å². The molecular formula is C16H17BrN2O2. The lowest BCUT2D eigenvalue weighted by molar-refractivity contribution is 0.0939. The maximum Gasteiger partial charge on any atom is 0.253 e. The minimum absolute atomic E-state index is 0.00668. The highest BCUT2D eigenvalue weighted by Gasteiger charge is 2.12. The summed E-state index contributed by atoms with van der Waals surface area (Å²) in [7, 11) is 1.65. The lowest BCUT2D eigenvalue weighted by Crippen LogP contribution is -2.34. The second kappa shape index (κ2) is 7.22. The Bertz CT molecular complexity index is 631. The van der Waals surface area contributed by atoms with Gasteiger partial charge < -0.3 is 10.1 Å². The molecule has 0 aliphatic carbocycles. The Hall–Kier alpha value is -1.88. The minimum atomic E-state index is -0.133. The van der Waals surface area contributed by atoms with Crippen LogP contribution in [0.4, 0.5) is 0 Å². The molecule has 5 heteroatoms. The molecule has 0 aliphatic heterocycles. The van der Waals surface area contributed by atoms with Crippen LogP contribution >= 0.6 is 15.9 Å². The predicted octanol–water partition coefficient (Wildman–Crippen LogP) is 3.21. The first kappa shape index (κ1) is 15.5. The number of amides is 1. The van der Waals surface area contributed by atoms with Gasteiger partial charge in [0.15, 0.2) is 0 Å². The number of halogens is 1. The van der Waals surface area contributed by atoms with Crippen molar-refractivity contribution < 1.29 is 9.53 Å². The molecule has 1 N–H and O–H groups in total. The van der Waals surface area contributed by atoms with Crippen LogP contribution in [0.2, 0.25) is 0 Å². The average molecular weight is 349 g/mol. The number of hydrogen-bond acceptors (Lipinski definition) is 3. The van der Waals surface area contributed by atoms with Crippen molar-refractivity contribution in [1.29, 1.82) is 0 Å². The molecule has 0 saturated carbocycles. The number of nitrogens with one attached hydrogen (secondary N) is 1. The van der Waals surface area contributed by atoms with Crippen LogP contribution in [0.5, 0.6) is 5.75 Å². The zero-order valence-electron chi connectivity index (χ0n) is 12.0. The first-order valence-corrected chi connectivity index (χ1v) is 7.42. The van der Waals surface area contributed by atoms with Crippen LogP contribution in [0.15, 0.2) is 47.2 Å². The molecule has 1 unspecified atom stereocenters. The van der Waals surface area contributed by atoms with Crippen LogP contribution in [0.3, 0.4) is 0 Å². The summed E-state index contributed by atoms with van der Waals surface area (Å²) in [6.45, 7) is 1.97. The molecule has 0 spiro atoms. The third kappa shape index (κ3) is 4.29. The zero-order chi connectivity index (χ0) is 15.2. The first-order valence-electron chi connectivity index (χ1n) is 6.63. The number of para-hydroxylation sites is 1. The molecule has 1 aromatic carbocycles. The van der Waals surface area contributed by atoms with Gasteiger partial charge in [0.2, 0.25) is 0 Å². The summed E-state index contributed by atoms with van der Waals surface area (Å²) >= 11 is 3.31. The van der Waals surface area contributed by atoms with Gasteiger partial charge in [-0.25, -0.2) is 0 Å². The SMILES string of the molecule is COc1ccccc1CC(C)NC(=O)c1cncc(Br)c1. The number of methoxy groups -OCH3 is 1. The molecule has 1 aromatic heterocycles. The first-order chi connectivity index (χ1) is 10.1. The number of ether oxygens (including phenoxy) is 1. The van der Waals surface area contributed by atoms with Gasteiger partial charge in [0.1, 0.15) is 5.75 Å². The molecule has 1 amide bonds. The summed E-state index contributed by atoms with van der Waals surface area (Å²) in [5.41, 5.74) is 1.61. The molecular weight excluding hydrogens is 332 g/mol. The fraction of sp³-hybridized carbons (Fsp3) is 0.250. The lowest BCUT2D eigenvalue weighted by atomic mass is 10.1. The van der Waals surface area contributed by atoms with Gasteiger partial charge in [0, 0.05) is 22.9 Å². The number of rotatable bonds is 5. The smallest absolute Gasteiger partial charge is 0.253 e. The van der Waals surface area contributed by atoms with E-state index in [2.05, 4.69) is 26.2 Å². The zero-order valence-corrected chi connectivity index (χ0v) is 13.6. The van der Waals surface area contributed by atoms with E-state index in [9.17, 15) is 4.79 Å². The van der Waals surface area contributed by atoms with E-state index in [1.165, 1.54) is 0 Å². The summed E-state index contributed by atoms with van der Waals surface area (Å²) in [5.74, 6) is 0.703. The van der Waals surface area contributed by atoms with Crippen molar-refractivity contribution in [2.75, 3.05) is 7.11 Å². The van der Waals surface area contributed by atoms with Gasteiger partial charge in [-0.15, -0.1) is 0 Å². The van der Waals surface area contributed by atoms with Crippen molar-refractivity contribution in [1.82, 2.24) is 10.3 Å². The monoisotopic (exact) mass is 348 g/mol. The van der Waals surface area contributed by atoms with Gasteiger partial charge in [-0.2, -0.15) is 0 Å². The number of carbonyl (C=O) groups excluding carboxylic acids is 1. The Morgan fingerprint density at radius 1 is 1.38 bits per heavy atom. The molecule has 1 atom stereocenters. The maximum absolute atomic E-state index is 12.1. The summed E-state index contributed by atoms with van der Waals surface area (Å²) < 4.78 is 6.11. The molecule has 0 bridgehead atoms. The highest BCUT2D eigenvalue weighted by atomic mass is 79.9. The number of pyridine rings is 1. The van der Waals surface area contributed by atoms with Gasteiger partial charge in [0.25, 0.3) is 5.91 Å². The Morgan fingerprint density at radius 2 is 2.14 bits per heavy atom. The number of aromatic nitrogens is 1. The van der Waals surface area contributed by atoms with E-state index >= 15 is 0 Å². The predicted molar refractivity (Wildman–Crippen MR) is 85.6 cm³/mol. The Labute approximate surface area is 132 Å². The van der Waals surface area contributed by atoms with Crippen molar-refractivity contribution in [2.24, 2.45) is 0 Å². The molecule has 0 fully saturated rings. The standard InChI is InChI=1S/C16H17BrN2O2/c1-11(7-12-5-3-4-6-15(12)21-2)19-16(20)13-8-14(17)10-18-9-13/h3-6,8-11H,7H2,1-2H3,(H,19,20). The number of carbonyl (C=O) groups is 1. The molecule has 4 nitrogen and oxygen atoms in total. The topological polar surface area (TPSA) is 51.2 Å². The van der Waals surface area contributed by atoms with E-state index in [0.29, 0.717) is 12.0 Å². The summed E-state index contributed by atoms with van der Waals surface area (Å²) in [4.78, 5) is 16.1. The van der Waals surface area contributed by atoms with Gasteiger partial charge in [-0.05, 0) is 47.0 Å². The molecule has 0 saturated heterocycles. The third-order valence-corrected chi connectivity index (χ3v) is 3.50. The van der Waals surface area contributed by atoms with E-state index in [1.807, 2.05) is 31.2 Å². The van der Waals surface area contributed by atoms with E-state index in [0.717, 1.165) is 15.8 Å². The molecule has 2 aromatic rings. The highest BCUT2D eigenvalue weighted by molar-refractivity contribution is 9.10. The van der Waals surface area contributed by atoms with Crippen LogP contribution in [0, 0.1) is 0 Å². The van der Waals surface area contributed by atoms with Gasteiger partial charge in [-0.1, -0.05) is 18.2 Å². The lowest BCUT2D eigenvalue weighted by Gasteiger charge is -2.16. The Balaban J connectivity index is 2.01. The van der Waals surface area contributed by atoms with Crippen molar-refractivity contribution in [2.45, 2.75) is 19.4 Å². The normalized spacial score (nSPS) is 11.8. The van der Waals surface area contributed by atoms with Gasteiger partial charge >= 0.3 is 0 Å². The second-order valence-electron chi connectivity index (χ2n) is 4.78. The minimum Gasteiger partial charge on any atom is -0.496 e. The van der Waals surface area contributed by atoms with Crippen LogP contribution in [-0.4, -0.2) is 24.0 Å². The number of benzene rings is 1. The molecule has 2 rings (SSSR count). The maximum atomic E-state index is 12.1. The largest absolute Gasteiger partial charge is 0.496 e.